The lowest BCUT2D eigenvalue weighted by atomic mass is 10.0. The molecule has 1 heterocycles. The quantitative estimate of drug-likeness (QED) is 0.624. The first-order valence-corrected chi connectivity index (χ1v) is 8.68. The van der Waals surface area contributed by atoms with Crippen LogP contribution in [0.25, 0.3) is 10.8 Å². The molecule has 1 amide bonds. The van der Waals surface area contributed by atoms with E-state index in [-0.39, 0.29) is 12.0 Å². The number of hydrogen-bond donors (Lipinski definition) is 0. The Morgan fingerprint density at radius 2 is 2.09 bits per heavy atom. The Balaban J connectivity index is 2.06. The molecule has 118 valence electrons. The van der Waals surface area contributed by atoms with Crippen molar-refractivity contribution in [2.24, 2.45) is 5.10 Å². The predicted molar refractivity (Wildman–Crippen MR) is 99.2 cm³/mol. The number of fused-ring (bicyclic) bond motifs is 1. The molecule has 0 aromatic heterocycles. The van der Waals surface area contributed by atoms with E-state index in [1.165, 1.54) is 16.8 Å². The third kappa shape index (κ3) is 3.38. The number of ether oxygens (including phenoxy) is 1. The van der Waals surface area contributed by atoms with Crippen molar-refractivity contribution in [2.75, 3.05) is 5.75 Å². The molecular formula is C17H16N2O2S2. The van der Waals surface area contributed by atoms with Crippen LogP contribution in [0, 0.1) is 0 Å². The molecule has 1 fully saturated rings. The molecule has 0 atom stereocenters. The third-order valence-electron chi connectivity index (χ3n) is 3.32. The zero-order valence-corrected chi connectivity index (χ0v) is 14.5. The van der Waals surface area contributed by atoms with Crippen LogP contribution in [-0.4, -0.2) is 33.3 Å². The SMILES string of the molecule is CC(C)Oc1ccc2ccccc2c1/C=N/N1C(=O)CSC1=S. The van der Waals surface area contributed by atoms with Crippen LogP contribution in [0.4, 0.5) is 0 Å². The zero-order valence-electron chi connectivity index (χ0n) is 12.9. The number of rotatable bonds is 4. The van der Waals surface area contributed by atoms with Gasteiger partial charge in [-0.05, 0) is 30.7 Å². The lowest BCUT2D eigenvalue weighted by Crippen LogP contribution is -2.22. The van der Waals surface area contributed by atoms with Crippen LogP contribution in [0.15, 0.2) is 41.5 Å². The van der Waals surface area contributed by atoms with E-state index in [4.69, 9.17) is 17.0 Å². The van der Waals surface area contributed by atoms with Crippen molar-refractivity contribution in [3.8, 4) is 5.75 Å². The topological polar surface area (TPSA) is 41.9 Å². The van der Waals surface area contributed by atoms with Crippen molar-refractivity contribution in [3.05, 3.63) is 42.0 Å². The second kappa shape index (κ2) is 6.68. The van der Waals surface area contributed by atoms with E-state index in [0.29, 0.717) is 10.1 Å². The maximum atomic E-state index is 11.8. The van der Waals surface area contributed by atoms with Gasteiger partial charge in [0.15, 0.2) is 4.32 Å². The van der Waals surface area contributed by atoms with Gasteiger partial charge in [0.1, 0.15) is 5.75 Å². The van der Waals surface area contributed by atoms with Gasteiger partial charge in [0.05, 0.1) is 18.1 Å². The summed E-state index contributed by atoms with van der Waals surface area (Å²) in [4.78, 5) is 11.8. The molecule has 2 aromatic carbocycles. The highest BCUT2D eigenvalue weighted by molar-refractivity contribution is 8.23. The second-order valence-corrected chi connectivity index (χ2v) is 6.98. The summed E-state index contributed by atoms with van der Waals surface area (Å²) in [7, 11) is 0. The maximum Gasteiger partial charge on any atom is 0.259 e. The van der Waals surface area contributed by atoms with E-state index in [2.05, 4.69) is 5.10 Å². The minimum Gasteiger partial charge on any atom is -0.490 e. The molecule has 0 N–H and O–H groups in total. The Morgan fingerprint density at radius 1 is 1.30 bits per heavy atom. The van der Waals surface area contributed by atoms with Crippen molar-refractivity contribution >= 4 is 51.2 Å². The smallest absolute Gasteiger partial charge is 0.259 e. The molecule has 0 saturated carbocycles. The first-order valence-electron chi connectivity index (χ1n) is 7.28. The summed E-state index contributed by atoms with van der Waals surface area (Å²) in [5.74, 6) is 0.997. The largest absolute Gasteiger partial charge is 0.490 e. The van der Waals surface area contributed by atoms with Gasteiger partial charge in [-0.3, -0.25) is 4.79 Å². The van der Waals surface area contributed by atoms with Crippen LogP contribution >= 0.6 is 24.0 Å². The number of amides is 1. The molecule has 0 unspecified atom stereocenters. The summed E-state index contributed by atoms with van der Waals surface area (Å²) in [5, 5.41) is 7.69. The molecule has 0 radical (unpaired) electrons. The van der Waals surface area contributed by atoms with Crippen molar-refractivity contribution in [1.82, 2.24) is 5.01 Å². The lowest BCUT2D eigenvalue weighted by Gasteiger charge is -2.15. The summed E-state index contributed by atoms with van der Waals surface area (Å²) < 4.78 is 6.37. The molecule has 6 heteroatoms. The minimum absolute atomic E-state index is 0.0494. The summed E-state index contributed by atoms with van der Waals surface area (Å²) >= 11 is 6.48. The Labute approximate surface area is 144 Å². The maximum absolute atomic E-state index is 11.8. The average molecular weight is 344 g/mol. The van der Waals surface area contributed by atoms with Crippen molar-refractivity contribution in [3.63, 3.8) is 0 Å². The first kappa shape index (κ1) is 16.0. The number of benzene rings is 2. The normalized spacial score (nSPS) is 15.3. The predicted octanol–water partition coefficient (Wildman–Crippen LogP) is 3.82. The standard InChI is InChI=1S/C17H16N2O2S2/c1-11(2)21-15-8-7-12-5-3-4-6-13(12)14(15)9-18-19-16(20)10-23-17(19)22/h3-9,11H,10H2,1-2H3/b18-9+. The molecule has 2 aromatic rings. The molecule has 1 aliphatic heterocycles. The van der Waals surface area contributed by atoms with Crippen LogP contribution in [0.1, 0.15) is 19.4 Å². The van der Waals surface area contributed by atoms with Gasteiger partial charge in [0.2, 0.25) is 0 Å². The van der Waals surface area contributed by atoms with Gasteiger partial charge in [0.25, 0.3) is 5.91 Å². The van der Waals surface area contributed by atoms with Crippen LogP contribution in [0.5, 0.6) is 5.75 Å². The molecule has 4 nitrogen and oxygen atoms in total. The van der Waals surface area contributed by atoms with E-state index in [1.807, 2.05) is 50.2 Å². The van der Waals surface area contributed by atoms with Crippen LogP contribution in [0.2, 0.25) is 0 Å². The van der Waals surface area contributed by atoms with Gasteiger partial charge in [-0.1, -0.05) is 54.3 Å². The Morgan fingerprint density at radius 3 is 2.78 bits per heavy atom. The monoisotopic (exact) mass is 344 g/mol. The third-order valence-corrected chi connectivity index (χ3v) is 4.66. The zero-order chi connectivity index (χ0) is 16.4. The average Bonchev–Trinajstić information content (AvgIpc) is 2.84. The summed E-state index contributed by atoms with van der Waals surface area (Å²) in [6.07, 6.45) is 1.71. The highest BCUT2D eigenvalue weighted by atomic mass is 32.2. The molecule has 0 bridgehead atoms. The van der Waals surface area contributed by atoms with Crippen LogP contribution < -0.4 is 4.74 Å². The van der Waals surface area contributed by atoms with Crippen molar-refractivity contribution in [2.45, 2.75) is 20.0 Å². The highest BCUT2D eigenvalue weighted by Crippen LogP contribution is 2.28. The number of thiocarbonyl (C=S) groups is 1. The summed E-state index contributed by atoms with van der Waals surface area (Å²) in [6.45, 7) is 3.96. The number of thioether (sulfide) groups is 1. The van der Waals surface area contributed by atoms with Gasteiger partial charge in [-0.2, -0.15) is 10.1 Å². The van der Waals surface area contributed by atoms with Gasteiger partial charge >= 0.3 is 0 Å². The van der Waals surface area contributed by atoms with Gasteiger partial charge in [-0.15, -0.1) is 0 Å². The second-order valence-electron chi connectivity index (χ2n) is 5.37. The fraction of sp³-hybridized carbons (Fsp3) is 0.235. The highest BCUT2D eigenvalue weighted by Gasteiger charge is 2.26. The molecular weight excluding hydrogens is 328 g/mol. The molecule has 0 spiro atoms. The molecule has 23 heavy (non-hydrogen) atoms. The number of hydrogen-bond acceptors (Lipinski definition) is 5. The molecule has 3 rings (SSSR count). The van der Waals surface area contributed by atoms with E-state index in [1.54, 1.807) is 6.21 Å². The van der Waals surface area contributed by atoms with Gasteiger partial charge < -0.3 is 4.74 Å². The first-order chi connectivity index (χ1) is 11.1. The van der Waals surface area contributed by atoms with E-state index in [9.17, 15) is 4.79 Å². The number of carbonyl (C=O) groups is 1. The number of nitrogens with zero attached hydrogens (tertiary/aromatic N) is 2. The summed E-state index contributed by atoms with van der Waals surface area (Å²) in [6, 6.07) is 12.0. The van der Waals surface area contributed by atoms with Crippen LogP contribution in [0.3, 0.4) is 0 Å². The lowest BCUT2D eigenvalue weighted by molar-refractivity contribution is -0.123. The Kier molecular flexibility index (Phi) is 4.63. The van der Waals surface area contributed by atoms with Gasteiger partial charge in [-0.25, -0.2) is 0 Å². The van der Waals surface area contributed by atoms with Crippen molar-refractivity contribution in [1.29, 1.82) is 0 Å². The Bertz CT molecular complexity index is 786. The molecule has 1 aliphatic rings. The summed E-state index contributed by atoms with van der Waals surface area (Å²) in [5.41, 5.74) is 0.851. The van der Waals surface area contributed by atoms with Gasteiger partial charge in [0, 0.05) is 5.56 Å². The fourth-order valence-corrected chi connectivity index (χ4v) is 3.31. The number of hydrazone groups is 1. The van der Waals surface area contributed by atoms with Crippen molar-refractivity contribution < 1.29 is 9.53 Å². The van der Waals surface area contributed by atoms with E-state index < -0.39 is 0 Å². The minimum atomic E-state index is -0.0946. The number of carbonyl (C=O) groups excluding carboxylic acids is 1. The van der Waals surface area contributed by atoms with E-state index >= 15 is 0 Å². The Hall–Kier alpha value is -1.92. The van der Waals surface area contributed by atoms with Crippen LogP contribution in [-0.2, 0) is 4.79 Å². The fourth-order valence-electron chi connectivity index (χ4n) is 2.34. The van der Waals surface area contributed by atoms with E-state index in [0.717, 1.165) is 22.1 Å². The molecule has 1 saturated heterocycles. The molecule has 0 aliphatic carbocycles.